The van der Waals surface area contributed by atoms with Gasteiger partial charge in [0.1, 0.15) is 0 Å². The molecule has 2 saturated heterocycles. The molecule has 5 heteroatoms. The van der Waals surface area contributed by atoms with E-state index < -0.39 is 0 Å². The fourth-order valence-corrected chi connectivity index (χ4v) is 3.73. The second kappa shape index (κ2) is 5.97. The monoisotopic (exact) mass is 301 g/mol. The Kier molecular flexibility index (Phi) is 3.84. The quantitative estimate of drug-likeness (QED) is 0.887. The van der Waals surface area contributed by atoms with Gasteiger partial charge in [-0.25, -0.2) is 0 Å². The molecular formula is C17H23N3O2. The Morgan fingerprint density at radius 2 is 2.32 bits per heavy atom. The van der Waals surface area contributed by atoms with Crippen molar-refractivity contribution in [3.8, 4) is 0 Å². The number of carbonyl (C=O) groups is 1. The average molecular weight is 301 g/mol. The second-order valence-electron chi connectivity index (χ2n) is 6.91. The van der Waals surface area contributed by atoms with Gasteiger partial charge >= 0.3 is 0 Å². The number of carbonyl (C=O) groups excluding carboxylic acids is 1. The minimum absolute atomic E-state index is 0.0376. The van der Waals surface area contributed by atoms with Gasteiger partial charge in [-0.3, -0.25) is 9.78 Å². The molecule has 5 nitrogen and oxygen atoms in total. The van der Waals surface area contributed by atoms with Gasteiger partial charge in [-0.05, 0) is 30.9 Å². The van der Waals surface area contributed by atoms with E-state index in [1.165, 1.54) is 19.4 Å². The predicted octanol–water partition coefficient (Wildman–Crippen LogP) is 1.17. The standard InChI is InChI=1S/C17H23N3O2/c21-17(13-2-1-5-18-6-13)19-7-14-11-22-16-10-20(9-15(14)16)8-12-3-4-12/h1-2,5-6,12,14-16H,3-4,7-11H2,(H,19,21)/t14-,15-,16-/m1/s1. The summed E-state index contributed by atoms with van der Waals surface area (Å²) in [4.78, 5) is 18.7. The highest BCUT2D eigenvalue weighted by Gasteiger charge is 2.44. The molecule has 1 amide bonds. The fourth-order valence-electron chi connectivity index (χ4n) is 3.73. The molecule has 1 saturated carbocycles. The number of nitrogens with zero attached hydrogens (tertiary/aromatic N) is 2. The lowest BCUT2D eigenvalue weighted by Gasteiger charge is -2.19. The number of fused-ring (bicyclic) bond motifs is 1. The topological polar surface area (TPSA) is 54.5 Å². The largest absolute Gasteiger partial charge is 0.376 e. The van der Waals surface area contributed by atoms with E-state index in [-0.39, 0.29) is 5.91 Å². The molecule has 1 aromatic heterocycles. The fraction of sp³-hybridized carbons (Fsp3) is 0.647. The molecule has 0 unspecified atom stereocenters. The molecule has 0 bridgehead atoms. The van der Waals surface area contributed by atoms with E-state index in [9.17, 15) is 4.79 Å². The van der Waals surface area contributed by atoms with Gasteiger partial charge in [0.05, 0.1) is 18.3 Å². The Labute approximate surface area is 131 Å². The number of amides is 1. The zero-order valence-corrected chi connectivity index (χ0v) is 12.8. The maximum atomic E-state index is 12.1. The number of nitrogens with one attached hydrogen (secondary N) is 1. The molecule has 1 N–H and O–H groups in total. The maximum Gasteiger partial charge on any atom is 0.252 e. The molecule has 0 aromatic carbocycles. The van der Waals surface area contributed by atoms with Crippen molar-refractivity contribution in [2.45, 2.75) is 18.9 Å². The van der Waals surface area contributed by atoms with Crippen LogP contribution in [0.5, 0.6) is 0 Å². The maximum absolute atomic E-state index is 12.1. The SMILES string of the molecule is O=C(NC[C@@H]1CO[C@@H]2CN(CC3CC3)C[C@H]12)c1cccnc1. The van der Waals surface area contributed by atoms with Crippen LogP contribution in [-0.2, 0) is 4.74 Å². The molecule has 4 rings (SSSR count). The highest BCUT2D eigenvalue weighted by molar-refractivity contribution is 5.93. The third-order valence-corrected chi connectivity index (χ3v) is 5.18. The van der Waals surface area contributed by atoms with Crippen molar-refractivity contribution in [2.24, 2.45) is 17.8 Å². The van der Waals surface area contributed by atoms with E-state index in [2.05, 4.69) is 15.2 Å². The molecule has 3 heterocycles. The molecule has 1 aliphatic carbocycles. The van der Waals surface area contributed by atoms with E-state index in [0.29, 0.717) is 30.0 Å². The van der Waals surface area contributed by atoms with Gasteiger partial charge < -0.3 is 15.0 Å². The molecule has 3 atom stereocenters. The van der Waals surface area contributed by atoms with Crippen LogP contribution in [0.4, 0.5) is 0 Å². The lowest BCUT2D eigenvalue weighted by Crippen LogP contribution is -2.34. The Bertz CT molecular complexity index is 532. The van der Waals surface area contributed by atoms with Crippen LogP contribution in [0, 0.1) is 17.8 Å². The molecule has 0 spiro atoms. The van der Waals surface area contributed by atoms with Crippen molar-refractivity contribution in [2.75, 3.05) is 32.8 Å². The number of rotatable bonds is 5. The van der Waals surface area contributed by atoms with E-state index in [1.807, 2.05) is 0 Å². The minimum atomic E-state index is -0.0376. The first kappa shape index (κ1) is 14.2. The van der Waals surface area contributed by atoms with Gasteiger partial charge in [0, 0.05) is 50.4 Å². The third kappa shape index (κ3) is 3.01. The van der Waals surface area contributed by atoms with Crippen LogP contribution in [0.2, 0.25) is 0 Å². The van der Waals surface area contributed by atoms with Gasteiger partial charge in [-0.2, -0.15) is 0 Å². The van der Waals surface area contributed by atoms with Crippen LogP contribution < -0.4 is 5.32 Å². The summed E-state index contributed by atoms with van der Waals surface area (Å²) in [7, 11) is 0. The van der Waals surface area contributed by atoms with Crippen LogP contribution >= 0.6 is 0 Å². The molecule has 118 valence electrons. The van der Waals surface area contributed by atoms with E-state index in [0.717, 1.165) is 25.6 Å². The Morgan fingerprint density at radius 3 is 3.09 bits per heavy atom. The molecule has 1 aromatic rings. The highest BCUT2D eigenvalue weighted by atomic mass is 16.5. The average Bonchev–Trinajstić information content (AvgIpc) is 3.14. The highest BCUT2D eigenvalue weighted by Crippen LogP contribution is 2.36. The molecule has 22 heavy (non-hydrogen) atoms. The number of hydrogen-bond donors (Lipinski definition) is 1. The molecular weight excluding hydrogens is 278 g/mol. The van der Waals surface area contributed by atoms with Crippen LogP contribution in [-0.4, -0.2) is 54.7 Å². The summed E-state index contributed by atoms with van der Waals surface area (Å²) in [5, 5.41) is 3.04. The Morgan fingerprint density at radius 1 is 1.41 bits per heavy atom. The lowest BCUT2D eigenvalue weighted by atomic mass is 9.93. The first-order chi connectivity index (χ1) is 10.8. The summed E-state index contributed by atoms with van der Waals surface area (Å²) in [5.74, 6) is 1.91. The second-order valence-corrected chi connectivity index (χ2v) is 6.91. The van der Waals surface area contributed by atoms with Crippen molar-refractivity contribution < 1.29 is 9.53 Å². The summed E-state index contributed by atoms with van der Waals surface area (Å²) >= 11 is 0. The summed E-state index contributed by atoms with van der Waals surface area (Å²) < 4.78 is 5.95. The van der Waals surface area contributed by atoms with Crippen LogP contribution in [0.3, 0.4) is 0 Å². The molecule has 3 aliphatic rings. The van der Waals surface area contributed by atoms with Crippen molar-refractivity contribution in [1.82, 2.24) is 15.2 Å². The number of aromatic nitrogens is 1. The zero-order valence-electron chi connectivity index (χ0n) is 12.8. The summed E-state index contributed by atoms with van der Waals surface area (Å²) in [5.41, 5.74) is 0.625. The van der Waals surface area contributed by atoms with E-state index in [1.54, 1.807) is 24.5 Å². The first-order valence-electron chi connectivity index (χ1n) is 8.32. The third-order valence-electron chi connectivity index (χ3n) is 5.18. The van der Waals surface area contributed by atoms with E-state index in [4.69, 9.17) is 4.74 Å². The normalized spacial score (nSPS) is 31.2. The van der Waals surface area contributed by atoms with Crippen molar-refractivity contribution in [1.29, 1.82) is 0 Å². The predicted molar refractivity (Wildman–Crippen MR) is 82.5 cm³/mol. The smallest absolute Gasteiger partial charge is 0.252 e. The van der Waals surface area contributed by atoms with Crippen molar-refractivity contribution in [3.05, 3.63) is 30.1 Å². The van der Waals surface area contributed by atoms with Crippen LogP contribution in [0.1, 0.15) is 23.2 Å². The van der Waals surface area contributed by atoms with Crippen molar-refractivity contribution >= 4 is 5.91 Å². The Balaban J connectivity index is 1.29. The van der Waals surface area contributed by atoms with Gasteiger partial charge in [-0.15, -0.1) is 0 Å². The number of pyridine rings is 1. The number of likely N-dealkylation sites (tertiary alicyclic amines) is 1. The molecule has 0 radical (unpaired) electrons. The number of ether oxygens (including phenoxy) is 1. The zero-order chi connectivity index (χ0) is 14.9. The lowest BCUT2D eigenvalue weighted by molar-refractivity contribution is 0.0905. The van der Waals surface area contributed by atoms with Crippen LogP contribution in [0.25, 0.3) is 0 Å². The van der Waals surface area contributed by atoms with Gasteiger partial charge in [0.25, 0.3) is 5.91 Å². The minimum Gasteiger partial charge on any atom is -0.376 e. The Hall–Kier alpha value is -1.46. The number of hydrogen-bond acceptors (Lipinski definition) is 4. The van der Waals surface area contributed by atoms with Crippen molar-refractivity contribution in [3.63, 3.8) is 0 Å². The van der Waals surface area contributed by atoms with Gasteiger partial charge in [0.2, 0.25) is 0 Å². The van der Waals surface area contributed by atoms with Gasteiger partial charge in [0.15, 0.2) is 0 Å². The van der Waals surface area contributed by atoms with E-state index >= 15 is 0 Å². The molecule has 2 aliphatic heterocycles. The summed E-state index contributed by atoms with van der Waals surface area (Å²) in [6.45, 7) is 4.93. The first-order valence-corrected chi connectivity index (χ1v) is 8.32. The molecule has 3 fully saturated rings. The summed E-state index contributed by atoms with van der Waals surface area (Å²) in [6.07, 6.45) is 6.46. The van der Waals surface area contributed by atoms with Gasteiger partial charge in [-0.1, -0.05) is 0 Å². The van der Waals surface area contributed by atoms with Crippen LogP contribution in [0.15, 0.2) is 24.5 Å². The summed E-state index contributed by atoms with van der Waals surface area (Å²) in [6, 6.07) is 3.58.